The fourth-order valence-electron chi connectivity index (χ4n) is 2.54. The standard InChI is InChI=1S/C13H20N2O/c1-9-12(8-16)10(2)15-13(14-9)11-6-4-3-5-7-11/h11,16H,3-8H2,1-2H3. The topological polar surface area (TPSA) is 46.0 Å². The number of aromatic nitrogens is 2. The normalized spacial score (nSPS) is 17.7. The Kier molecular flexibility index (Phi) is 3.54. The van der Waals surface area contributed by atoms with Gasteiger partial charge in [-0.2, -0.15) is 0 Å². The fraction of sp³-hybridized carbons (Fsp3) is 0.692. The molecule has 3 heteroatoms. The summed E-state index contributed by atoms with van der Waals surface area (Å²) in [6.45, 7) is 3.97. The van der Waals surface area contributed by atoms with Gasteiger partial charge in [0.1, 0.15) is 5.82 Å². The van der Waals surface area contributed by atoms with E-state index in [0.717, 1.165) is 22.8 Å². The maximum atomic E-state index is 9.22. The highest BCUT2D eigenvalue weighted by Gasteiger charge is 2.19. The Morgan fingerprint density at radius 2 is 1.62 bits per heavy atom. The number of rotatable bonds is 2. The first-order valence-corrected chi connectivity index (χ1v) is 6.17. The van der Waals surface area contributed by atoms with Gasteiger partial charge in [-0.3, -0.25) is 0 Å². The van der Waals surface area contributed by atoms with E-state index in [0.29, 0.717) is 5.92 Å². The van der Waals surface area contributed by atoms with E-state index in [1.54, 1.807) is 0 Å². The minimum absolute atomic E-state index is 0.0443. The van der Waals surface area contributed by atoms with Crippen LogP contribution in [0.2, 0.25) is 0 Å². The zero-order valence-electron chi connectivity index (χ0n) is 10.2. The molecule has 1 aromatic rings. The van der Waals surface area contributed by atoms with Crippen molar-refractivity contribution in [2.24, 2.45) is 0 Å². The van der Waals surface area contributed by atoms with Crippen molar-refractivity contribution >= 4 is 0 Å². The van der Waals surface area contributed by atoms with Crippen molar-refractivity contribution in [3.8, 4) is 0 Å². The van der Waals surface area contributed by atoms with Gasteiger partial charge in [0, 0.05) is 22.9 Å². The van der Waals surface area contributed by atoms with Gasteiger partial charge < -0.3 is 5.11 Å². The van der Waals surface area contributed by atoms with Gasteiger partial charge in [-0.1, -0.05) is 19.3 Å². The van der Waals surface area contributed by atoms with Gasteiger partial charge in [0.05, 0.1) is 6.61 Å². The Morgan fingerprint density at radius 3 is 2.12 bits per heavy atom. The van der Waals surface area contributed by atoms with Gasteiger partial charge in [0.15, 0.2) is 0 Å². The maximum absolute atomic E-state index is 9.22. The van der Waals surface area contributed by atoms with Gasteiger partial charge in [0.25, 0.3) is 0 Å². The summed E-state index contributed by atoms with van der Waals surface area (Å²) in [6, 6.07) is 0. The van der Waals surface area contributed by atoms with Crippen LogP contribution in [0.4, 0.5) is 0 Å². The molecule has 3 nitrogen and oxygen atoms in total. The summed E-state index contributed by atoms with van der Waals surface area (Å²) in [5.41, 5.74) is 2.77. The lowest BCUT2D eigenvalue weighted by Gasteiger charge is -2.21. The SMILES string of the molecule is Cc1nc(C2CCCCC2)nc(C)c1CO. The van der Waals surface area contributed by atoms with E-state index in [1.165, 1.54) is 32.1 Å². The zero-order chi connectivity index (χ0) is 11.5. The fourth-order valence-corrected chi connectivity index (χ4v) is 2.54. The second-order valence-electron chi connectivity index (χ2n) is 4.72. The highest BCUT2D eigenvalue weighted by Crippen LogP contribution is 2.31. The molecule has 1 aliphatic carbocycles. The number of hydrogen-bond acceptors (Lipinski definition) is 3. The number of aliphatic hydroxyl groups excluding tert-OH is 1. The molecule has 1 fully saturated rings. The molecule has 0 aliphatic heterocycles. The van der Waals surface area contributed by atoms with Gasteiger partial charge >= 0.3 is 0 Å². The van der Waals surface area contributed by atoms with Gasteiger partial charge in [-0.25, -0.2) is 9.97 Å². The summed E-state index contributed by atoms with van der Waals surface area (Å²) < 4.78 is 0. The average molecular weight is 220 g/mol. The van der Waals surface area contributed by atoms with E-state index < -0.39 is 0 Å². The van der Waals surface area contributed by atoms with Crippen LogP contribution in [-0.2, 0) is 6.61 Å². The number of nitrogens with zero attached hydrogens (tertiary/aromatic N) is 2. The molecule has 0 unspecified atom stereocenters. The predicted molar refractivity (Wildman–Crippen MR) is 63.3 cm³/mol. The summed E-state index contributed by atoms with van der Waals surface area (Å²) in [7, 11) is 0. The predicted octanol–water partition coefficient (Wildman–Crippen LogP) is 2.63. The largest absolute Gasteiger partial charge is 0.392 e. The summed E-state index contributed by atoms with van der Waals surface area (Å²) in [5.74, 6) is 1.53. The van der Waals surface area contributed by atoms with Crippen LogP contribution < -0.4 is 0 Å². The maximum Gasteiger partial charge on any atom is 0.131 e. The molecule has 0 radical (unpaired) electrons. The van der Waals surface area contributed by atoms with E-state index in [4.69, 9.17) is 0 Å². The summed E-state index contributed by atoms with van der Waals surface area (Å²) >= 11 is 0. The molecular formula is C13H20N2O. The second kappa shape index (κ2) is 4.91. The Balaban J connectivity index is 2.28. The van der Waals surface area contributed by atoms with E-state index in [1.807, 2.05) is 13.8 Å². The third-order valence-corrected chi connectivity index (χ3v) is 3.57. The molecule has 0 amide bonds. The van der Waals surface area contributed by atoms with Crippen LogP contribution in [0.25, 0.3) is 0 Å². The van der Waals surface area contributed by atoms with Crippen molar-refractivity contribution in [3.05, 3.63) is 22.8 Å². The molecule has 1 saturated carbocycles. The molecule has 0 atom stereocenters. The lowest BCUT2D eigenvalue weighted by Crippen LogP contribution is -2.12. The Labute approximate surface area is 96.9 Å². The molecular weight excluding hydrogens is 200 g/mol. The Bertz CT molecular complexity index is 347. The minimum Gasteiger partial charge on any atom is -0.392 e. The Hall–Kier alpha value is -0.960. The van der Waals surface area contributed by atoms with Gasteiger partial charge in [0.2, 0.25) is 0 Å². The lowest BCUT2D eigenvalue weighted by atomic mass is 9.88. The van der Waals surface area contributed by atoms with E-state index >= 15 is 0 Å². The smallest absolute Gasteiger partial charge is 0.131 e. The number of aliphatic hydroxyl groups is 1. The van der Waals surface area contributed by atoms with Crippen molar-refractivity contribution in [1.29, 1.82) is 0 Å². The van der Waals surface area contributed by atoms with Gasteiger partial charge in [-0.05, 0) is 26.7 Å². The van der Waals surface area contributed by atoms with Crippen LogP contribution in [0.5, 0.6) is 0 Å². The minimum atomic E-state index is 0.0443. The molecule has 16 heavy (non-hydrogen) atoms. The van der Waals surface area contributed by atoms with E-state index in [2.05, 4.69) is 9.97 Å². The molecule has 88 valence electrons. The number of hydrogen-bond donors (Lipinski definition) is 1. The molecule has 0 aromatic carbocycles. The summed E-state index contributed by atoms with van der Waals surface area (Å²) in [6.07, 6.45) is 6.39. The van der Waals surface area contributed by atoms with Crippen molar-refractivity contribution in [3.63, 3.8) is 0 Å². The van der Waals surface area contributed by atoms with Crippen LogP contribution in [0.15, 0.2) is 0 Å². The molecule has 0 spiro atoms. The zero-order valence-corrected chi connectivity index (χ0v) is 10.2. The average Bonchev–Trinajstić information content (AvgIpc) is 2.30. The molecule has 2 rings (SSSR count). The molecule has 0 saturated heterocycles. The lowest BCUT2D eigenvalue weighted by molar-refractivity contribution is 0.278. The quantitative estimate of drug-likeness (QED) is 0.833. The molecule has 1 aromatic heterocycles. The van der Waals surface area contributed by atoms with Crippen LogP contribution in [-0.4, -0.2) is 15.1 Å². The molecule has 1 heterocycles. The second-order valence-corrected chi connectivity index (χ2v) is 4.72. The van der Waals surface area contributed by atoms with E-state index in [-0.39, 0.29) is 6.61 Å². The highest BCUT2D eigenvalue weighted by molar-refractivity contribution is 5.24. The first-order chi connectivity index (χ1) is 7.72. The third kappa shape index (κ3) is 2.24. The number of aryl methyl sites for hydroxylation is 2. The van der Waals surface area contributed by atoms with Crippen LogP contribution >= 0.6 is 0 Å². The van der Waals surface area contributed by atoms with E-state index in [9.17, 15) is 5.11 Å². The van der Waals surface area contributed by atoms with Crippen molar-refractivity contribution in [1.82, 2.24) is 9.97 Å². The summed E-state index contributed by atoms with van der Waals surface area (Å²) in [4.78, 5) is 9.11. The summed E-state index contributed by atoms with van der Waals surface area (Å²) in [5, 5.41) is 9.22. The molecule has 1 N–H and O–H groups in total. The first kappa shape index (κ1) is 11.5. The Morgan fingerprint density at radius 1 is 1.06 bits per heavy atom. The molecule has 1 aliphatic rings. The third-order valence-electron chi connectivity index (χ3n) is 3.57. The van der Waals surface area contributed by atoms with Gasteiger partial charge in [-0.15, -0.1) is 0 Å². The first-order valence-electron chi connectivity index (χ1n) is 6.17. The highest BCUT2D eigenvalue weighted by atomic mass is 16.3. The van der Waals surface area contributed by atoms with Crippen LogP contribution in [0.1, 0.15) is 60.8 Å². The van der Waals surface area contributed by atoms with Crippen molar-refractivity contribution in [2.45, 2.75) is 58.5 Å². The van der Waals surface area contributed by atoms with Crippen molar-refractivity contribution in [2.75, 3.05) is 0 Å². The van der Waals surface area contributed by atoms with Crippen molar-refractivity contribution < 1.29 is 5.11 Å². The van der Waals surface area contributed by atoms with Crippen LogP contribution in [0.3, 0.4) is 0 Å². The monoisotopic (exact) mass is 220 g/mol. The molecule has 0 bridgehead atoms. The van der Waals surface area contributed by atoms with Crippen LogP contribution in [0, 0.1) is 13.8 Å².